The molecule has 0 aromatic heterocycles. The Morgan fingerprint density at radius 2 is 1.95 bits per heavy atom. The van der Waals surface area contributed by atoms with Crippen LogP contribution in [0.2, 0.25) is 0 Å². The Morgan fingerprint density at radius 1 is 1.35 bits per heavy atom. The third kappa shape index (κ3) is 3.83. The summed E-state index contributed by atoms with van der Waals surface area (Å²) in [6.07, 6.45) is 3.47. The zero-order valence-electron chi connectivity index (χ0n) is 12.4. The van der Waals surface area contributed by atoms with Crippen LogP contribution < -0.4 is 0 Å². The standard InChI is InChI=1S/C16H22O4/c1-9(2)5-6-11-12(17)8-14(19)15(16(11)20)13(18)7-10(3)4/h5,8,10-11,17,19H,6-7H2,1-4H3. The first-order valence-electron chi connectivity index (χ1n) is 6.78. The monoisotopic (exact) mass is 278 g/mol. The zero-order valence-corrected chi connectivity index (χ0v) is 12.4. The van der Waals surface area contributed by atoms with Crippen molar-refractivity contribution in [2.75, 3.05) is 0 Å². The van der Waals surface area contributed by atoms with E-state index in [0.717, 1.165) is 11.6 Å². The number of aliphatic hydroxyl groups excluding tert-OH is 2. The van der Waals surface area contributed by atoms with Crippen LogP contribution in [0.5, 0.6) is 0 Å². The van der Waals surface area contributed by atoms with E-state index in [4.69, 9.17) is 0 Å². The molecule has 0 saturated carbocycles. The highest BCUT2D eigenvalue weighted by Gasteiger charge is 2.34. The van der Waals surface area contributed by atoms with Crippen molar-refractivity contribution in [2.45, 2.75) is 40.5 Å². The Balaban J connectivity index is 3.06. The number of aliphatic hydroxyl groups is 2. The van der Waals surface area contributed by atoms with Crippen LogP contribution in [-0.2, 0) is 9.59 Å². The van der Waals surface area contributed by atoms with Crippen LogP contribution in [0.25, 0.3) is 0 Å². The SMILES string of the molecule is CC(C)=CCC1C(=O)C(C(=O)CC(C)C)=C(O)C=C1O. The van der Waals surface area contributed by atoms with E-state index >= 15 is 0 Å². The van der Waals surface area contributed by atoms with Crippen molar-refractivity contribution in [2.24, 2.45) is 11.8 Å². The smallest absolute Gasteiger partial charge is 0.181 e. The Labute approximate surface area is 119 Å². The second kappa shape index (κ2) is 6.55. The highest BCUT2D eigenvalue weighted by Crippen LogP contribution is 2.28. The van der Waals surface area contributed by atoms with E-state index in [-0.39, 0.29) is 29.5 Å². The van der Waals surface area contributed by atoms with Gasteiger partial charge in [0.05, 0.1) is 5.92 Å². The third-order valence-corrected chi connectivity index (χ3v) is 3.09. The fraction of sp³-hybridized carbons (Fsp3) is 0.500. The summed E-state index contributed by atoms with van der Waals surface area (Å²) in [5.41, 5.74) is 0.850. The number of carbonyl (C=O) groups excluding carboxylic acids is 2. The lowest BCUT2D eigenvalue weighted by Gasteiger charge is -2.20. The number of ketones is 2. The molecule has 1 unspecified atom stereocenters. The van der Waals surface area contributed by atoms with Gasteiger partial charge in [0.25, 0.3) is 0 Å². The maximum Gasteiger partial charge on any atom is 0.181 e. The number of Topliss-reactive ketones (excluding diaryl/α,β-unsaturated/α-hetero) is 2. The van der Waals surface area contributed by atoms with Gasteiger partial charge < -0.3 is 10.2 Å². The lowest BCUT2D eigenvalue weighted by Crippen LogP contribution is -2.28. The lowest BCUT2D eigenvalue weighted by atomic mass is 9.84. The molecule has 4 heteroatoms. The summed E-state index contributed by atoms with van der Waals surface area (Å²) in [5, 5.41) is 19.6. The number of hydrogen-bond donors (Lipinski definition) is 2. The molecule has 0 fully saturated rings. The minimum absolute atomic E-state index is 0.103. The van der Waals surface area contributed by atoms with Crippen LogP contribution in [0, 0.1) is 11.8 Å². The molecule has 0 saturated heterocycles. The molecule has 4 nitrogen and oxygen atoms in total. The molecule has 0 radical (unpaired) electrons. The van der Waals surface area contributed by atoms with E-state index in [1.165, 1.54) is 0 Å². The third-order valence-electron chi connectivity index (χ3n) is 3.09. The fourth-order valence-corrected chi connectivity index (χ4v) is 2.08. The van der Waals surface area contributed by atoms with Crippen molar-refractivity contribution in [3.8, 4) is 0 Å². The average Bonchev–Trinajstić information content (AvgIpc) is 2.26. The molecule has 0 spiro atoms. The maximum atomic E-state index is 12.3. The molecule has 2 N–H and O–H groups in total. The number of rotatable bonds is 5. The molecule has 20 heavy (non-hydrogen) atoms. The van der Waals surface area contributed by atoms with Crippen molar-refractivity contribution in [3.05, 3.63) is 34.8 Å². The number of carbonyl (C=O) groups is 2. The van der Waals surface area contributed by atoms with Crippen LogP contribution >= 0.6 is 0 Å². The van der Waals surface area contributed by atoms with Gasteiger partial charge in [-0.3, -0.25) is 9.59 Å². The summed E-state index contributed by atoms with van der Waals surface area (Å²) in [4.78, 5) is 24.4. The van der Waals surface area contributed by atoms with Crippen LogP contribution in [0.3, 0.4) is 0 Å². The molecular weight excluding hydrogens is 256 g/mol. The van der Waals surface area contributed by atoms with E-state index < -0.39 is 17.5 Å². The van der Waals surface area contributed by atoms with Gasteiger partial charge in [0, 0.05) is 12.5 Å². The quantitative estimate of drug-likeness (QED) is 0.597. The normalized spacial score (nSPS) is 19.1. The molecule has 0 heterocycles. The van der Waals surface area contributed by atoms with E-state index in [0.29, 0.717) is 6.42 Å². The van der Waals surface area contributed by atoms with Crippen LogP contribution in [0.4, 0.5) is 0 Å². The largest absolute Gasteiger partial charge is 0.511 e. The summed E-state index contributed by atoms with van der Waals surface area (Å²) in [7, 11) is 0. The first-order chi connectivity index (χ1) is 9.23. The molecule has 1 aliphatic carbocycles. The summed E-state index contributed by atoms with van der Waals surface area (Å²) < 4.78 is 0. The van der Waals surface area contributed by atoms with Gasteiger partial charge in [-0.2, -0.15) is 0 Å². The molecule has 0 aromatic rings. The van der Waals surface area contributed by atoms with Gasteiger partial charge in [-0.25, -0.2) is 0 Å². The first kappa shape index (κ1) is 16.2. The van der Waals surface area contributed by atoms with Crippen molar-refractivity contribution in [1.82, 2.24) is 0 Å². The minimum atomic E-state index is -0.771. The topological polar surface area (TPSA) is 74.6 Å². The van der Waals surface area contributed by atoms with Crippen molar-refractivity contribution in [1.29, 1.82) is 0 Å². The summed E-state index contributed by atoms with van der Waals surface area (Å²) in [6, 6.07) is 0. The lowest BCUT2D eigenvalue weighted by molar-refractivity contribution is -0.124. The molecule has 110 valence electrons. The molecule has 0 bridgehead atoms. The predicted molar refractivity (Wildman–Crippen MR) is 77.4 cm³/mol. The number of allylic oxidation sites excluding steroid dienone is 5. The molecule has 0 amide bonds. The highest BCUT2D eigenvalue weighted by molar-refractivity contribution is 6.22. The number of hydrogen-bond acceptors (Lipinski definition) is 4. The molecule has 1 atom stereocenters. The molecular formula is C16H22O4. The van der Waals surface area contributed by atoms with Crippen LogP contribution in [0.15, 0.2) is 34.8 Å². The Hall–Kier alpha value is -1.84. The Bertz CT molecular complexity index is 503. The minimum Gasteiger partial charge on any atom is -0.511 e. The Morgan fingerprint density at radius 3 is 2.45 bits per heavy atom. The average molecular weight is 278 g/mol. The van der Waals surface area contributed by atoms with Crippen LogP contribution in [0.1, 0.15) is 40.5 Å². The summed E-state index contributed by atoms with van der Waals surface area (Å²) in [5.74, 6) is -2.14. The second-order valence-corrected chi connectivity index (χ2v) is 5.78. The van der Waals surface area contributed by atoms with Crippen molar-refractivity contribution in [3.63, 3.8) is 0 Å². The van der Waals surface area contributed by atoms with E-state index in [2.05, 4.69) is 0 Å². The maximum absolute atomic E-state index is 12.3. The van der Waals surface area contributed by atoms with Gasteiger partial charge in [0.1, 0.15) is 17.1 Å². The van der Waals surface area contributed by atoms with Gasteiger partial charge in [-0.05, 0) is 26.2 Å². The highest BCUT2D eigenvalue weighted by atomic mass is 16.3. The fourth-order valence-electron chi connectivity index (χ4n) is 2.08. The molecule has 0 aromatic carbocycles. The van der Waals surface area contributed by atoms with Crippen molar-refractivity contribution < 1.29 is 19.8 Å². The van der Waals surface area contributed by atoms with Crippen LogP contribution in [-0.4, -0.2) is 21.8 Å². The molecule has 0 aliphatic heterocycles. The molecule has 1 rings (SSSR count). The van der Waals surface area contributed by atoms with E-state index in [1.807, 2.05) is 33.8 Å². The summed E-state index contributed by atoms with van der Waals surface area (Å²) in [6.45, 7) is 7.53. The van der Waals surface area contributed by atoms with Gasteiger partial charge in [-0.1, -0.05) is 25.5 Å². The molecule has 1 aliphatic rings. The second-order valence-electron chi connectivity index (χ2n) is 5.78. The zero-order chi connectivity index (χ0) is 15.4. The predicted octanol–water partition coefficient (Wildman–Crippen LogP) is 3.41. The van der Waals surface area contributed by atoms with Gasteiger partial charge in [0.2, 0.25) is 0 Å². The summed E-state index contributed by atoms with van der Waals surface area (Å²) >= 11 is 0. The van der Waals surface area contributed by atoms with E-state index in [9.17, 15) is 19.8 Å². The van der Waals surface area contributed by atoms with Gasteiger partial charge in [-0.15, -0.1) is 0 Å². The van der Waals surface area contributed by atoms with E-state index in [1.54, 1.807) is 0 Å². The van der Waals surface area contributed by atoms with Gasteiger partial charge >= 0.3 is 0 Å². The van der Waals surface area contributed by atoms with Crippen molar-refractivity contribution >= 4 is 11.6 Å². The van der Waals surface area contributed by atoms with Gasteiger partial charge in [0.15, 0.2) is 11.6 Å². The Kier molecular flexibility index (Phi) is 5.31. The first-order valence-corrected chi connectivity index (χ1v) is 6.78.